The maximum Gasteiger partial charge on any atom is 0.221 e. The van der Waals surface area contributed by atoms with E-state index in [0.717, 1.165) is 19.3 Å². The predicted octanol–water partition coefficient (Wildman–Crippen LogP) is 1.81. The maximum atomic E-state index is 11.6. The molecule has 3 nitrogen and oxygen atoms in total. The summed E-state index contributed by atoms with van der Waals surface area (Å²) in [5.41, 5.74) is 5.65. The molecule has 0 heterocycles. The molecule has 0 aromatic heterocycles. The van der Waals surface area contributed by atoms with Crippen LogP contribution in [0.2, 0.25) is 0 Å². The topological polar surface area (TPSA) is 55.1 Å². The van der Waals surface area contributed by atoms with E-state index in [2.05, 4.69) is 26.1 Å². The van der Waals surface area contributed by atoms with Crippen molar-refractivity contribution in [2.75, 3.05) is 0 Å². The lowest BCUT2D eigenvalue weighted by atomic mass is 9.95. The summed E-state index contributed by atoms with van der Waals surface area (Å²) in [6, 6.07) is -0.00652. The molecule has 1 unspecified atom stereocenters. The van der Waals surface area contributed by atoms with Crippen molar-refractivity contribution in [1.82, 2.24) is 5.32 Å². The fraction of sp³-hybridized carbons (Fsp3) is 0.909. The zero-order valence-electron chi connectivity index (χ0n) is 9.89. The SMILES string of the molecule is CCC(N)CC(=O)NC(C)(CC)CC. The predicted molar refractivity (Wildman–Crippen MR) is 60.0 cm³/mol. The van der Waals surface area contributed by atoms with Gasteiger partial charge in [0.1, 0.15) is 0 Å². The molecule has 0 spiro atoms. The molecular formula is C11H24N2O. The molecular weight excluding hydrogens is 176 g/mol. The van der Waals surface area contributed by atoms with Gasteiger partial charge in [0.15, 0.2) is 0 Å². The van der Waals surface area contributed by atoms with Crippen molar-refractivity contribution in [2.45, 2.75) is 65.0 Å². The van der Waals surface area contributed by atoms with Crippen LogP contribution >= 0.6 is 0 Å². The summed E-state index contributed by atoms with van der Waals surface area (Å²) in [7, 11) is 0. The van der Waals surface area contributed by atoms with Crippen LogP contribution in [0.5, 0.6) is 0 Å². The molecule has 0 bridgehead atoms. The van der Waals surface area contributed by atoms with Gasteiger partial charge in [-0.05, 0) is 26.2 Å². The zero-order valence-corrected chi connectivity index (χ0v) is 9.89. The van der Waals surface area contributed by atoms with Crippen molar-refractivity contribution in [3.63, 3.8) is 0 Å². The third kappa shape index (κ3) is 4.61. The minimum absolute atomic E-state index is 0.00652. The number of carbonyl (C=O) groups excluding carboxylic acids is 1. The van der Waals surface area contributed by atoms with E-state index in [1.54, 1.807) is 0 Å². The van der Waals surface area contributed by atoms with Crippen molar-refractivity contribution < 1.29 is 4.79 Å². The van der Waals surface area contributed by atoms with E-state index in [0.29, 0.717) is 6.42 Å². The van der Waals surface area contributed by atoms with Crippen LogP contribution in [0.25, 0.3) is 0 Å². The zero-order chi connectivity index (χ0) is 11.2. The van der Waals surface area contributed by atoms with Gasteiger partial charge in [0.2, 0.25) is 5.91 Å². The molecule has 0 aromatic rings. The lowest BCUT2D eigenvalue weighted by Gasteiger charge is -2.28. The Balaban J connectivity index is 4.04. The summed E-state index contributed by atoms with van der Waals surface area (Å²) in [6.45, 7) is 8.24. The Kier molecular flexibility index (Phi) is 5.77. The summed E-state index contributed by atoms with van der Waals surface area (Å²) in [4.78, 5) is 11.6. The number of nitrogens with one attached hydrogen (secondary N) is 1. The van der Waals surface area contributed by atoms with E-state index < -0.39 is 0 Å². The van der Waals surface area contributed by atoms with Crippen LogP contribution in [0.15, 0.2) is 0 Å². The van der Waals surface area contributed by atoms with Gasteiger partial charge in [-0.15, -0.1) is 0 Å². The van der Waals surface area contributed by atoms with Gasteiger partial charge in [-0.1, -0.05) is 20.8 Å². The van der Waals surface area contributed by atoms with Gasteiger partial charge in [0.05, 0.1) is 0 Å². The van der Waals surface area contributed by atoms with E-state index in [1.807, 2.05) is 6.92 Å². The molecule has 3 heteroatoms. The normalized spacial score (nSPS) is 13.8. The minimum atomic E-state index is -0.0649. The van der Waals surface area contributed by atoms with Crippen molar-refractivity contribution in [3.8, 4) is 0 Å². The molecule has 0 rings (SSSR count). The second kappa shape index (κ2) is 6.02. The van der Waals surface area contributed by atoms with Crippen LogP contribution in [-0.4, -0.2) is 17.5 Å². The Morgan fingerprint density at radius 1 is 1.36 bits per heavy atom. The molecule has 1 amide bonds. The highest BCUT2D eigenvalue weighted by Gasteiger charge is 2.22. The fourth-order valence-electron chi connectivity index (χ4n) is 1.20. The smallest absolute Gasteiger partial charge is 0.221 e. The van der Waals surface area contributed by atoms with Crippen LogP contribution < -0.4 is 11.1 Å². The van der Waals surface area contributed by atoms with Crippen LogP contribution in [-0.2, 0) is 4.79 Å². The van der Waals surface area contributed by atoms with Crippen molar-refractivity contribution >= 4 is 5.91 Å². The Morgan fingerprint density at radius 3 is 2.21 bits per heavy atom. The van der Waals surface area contributed by atoms with Gasteiger partial charge in [-0.3, -0.25) is 4.79 Å². The molecule has 0 fully saturated rings. The lowest BCUT2D eigenvalue weighted by molar-refractivity contribution is -0.123. The first-order valence-electron chi connectivity index (χ1n) is 5.54. The van der Waals surface area contributed by atoms with E-state index in [4.69, 9.17) is 5.73 Å². The highest BCUT2D eigenvalue weighted by molar-refractivity contribution is 5.77. The van der Waals surface area contributed by atoms with Crippen molar-refractivity contribution in [1.29, 1.82) is 0 Å². The summed E-state index contributed by atoms with van der Waals surface area (Å²) >= 11 is 0. The van der Waals surface area contributed by atoms with E-state index in [1.165, 1.54) is 0 Å². The summed E-state index contributed by atoms with van der Waals surface area (Å²) < 4.78 is 0. The molecule has 0 aliphatic heterocycles. The maximum absolute atomic E-state index is 11.6. The van der Waals surface area contributed by atoms with E-state index >= 15 is 0 Å². The van der Waals surface area contributed by atoms with Gasteiger partial charge in [0, 0.05) is 18.0 Å². The average molecular weight is 200 g/mol. The van der Waals surface area contributed by atoms with Gasteiger partial charge in [-0.25, -0.2) is 0 Å². The number of amides is 1. The molecule has 0 aromatic carbocycles. The second-order valence-electron chi connectivity index (χ2n) is 4.19. The molecule has 3 N–H and O–H groups in total. The number of nitrogens with two attached hydrogens (primary N) is 1. The summed E-state index contributed by atoms with van der Waals surface area (Å²) in [5, 5.41) is 3.04. The van der Waals surface area contributed by atoms with Gasteiger partial charge >= 0.3 is 0 Å². The van der Waals surface area contributed by atoms with Crippen LogP contribution in [0.1, 0.15) is 53.4 Å². The molecule has 1 atom stereocenters. The van der Waals surface area contributed by atoms with E-state index in [9.17, 15) is 4.79 Å². The van der Waals surface area contributed by atoms with Crippen molar-refractivity contribution in [2.24, 2.45) is 5.73 Å². The number of rotatable bonds is 6. The minimum Gasteiger partial charge on any atom is -0.351 e. The van der Waals surface area contributed by atoms with E-state index in [-0.39, 0.29) is 17.5 Å². The van der Waals surface area contributed by atoms with Crippen molar-refractivity contribution in [3.05, 3.63) is 0 Å². The number of hydrogen-bond acceptors (Lipinski definition) is 2. The fourth-order valence-corrected chi connectivity index (χ4v) is 1.20. The lowest BCUT2D eigenvalue weighted by Crippen LogP contribution is -2.46. The highest BCUT2D eigenvalue weighted by Crippen LogP contribution is 2.13. The third-order valence-electron chi connectivity index (χ3n) is 2.97. The average Bonchev–Trinajstić information content (AvgIpc) is 2.17. The van der Waals surface area contributed by atoms with Crippen LogP contribution in [0, 0.1) is 0 Å². The first-order valence-corrected chi connectivity index (χ1v) is 5.54. The van der Waals surface area contributed by atoms with Crippen LogP contribution in [0.3, 0.4) is 0 Å². The third-order valence-corrected chi connectivity index (χ3v) is 2.97. The van der Waals surface area contributed by atoms with Gasteiger partial charge < -0.3 is 11.1 Å². The Bertz CT molecular complexity index is 176. The molecule has 0 aliphatic rings. The largest absolute Gasteiger partial charge is 0.351 e. The van der Waals surface area contributed by atoms with Gasteiger partial charge in [0.25, 0.3) is 0 Å². The quantitative estimate of drug-likeness (QED) is 0.687. The molecule has 14 heavy (non-hydrogen) atoms. The number of hydrogen-bond donors (Lipinski definition) is 2. The van der Waals surface area contributed by atoms with Crippen LogP contribution in [0.4, 0.5) is 0 Å². The Hall–Kier alpha value is -0.570. The summed E-state index contributed by atoms with van der Waals surface area (Å²) in [6.07, 6.45) is 3.20. The molecule has 0 saturated carbocycles. The molecule has 0 saturated heterocycles. The first-order chi connectivity index (χ1) is 6.47. The standard InChI is InChI=1S/C11H24N2O/c1-5-9(12)8-10(14)13-11(4,6-2)7-3/h9H,5-8,12H2,1-4H3,(H,13,14). The van der Waals surface area contributed by atoms with Gasteiger partial charge in [-0.2, -0.15) is 0 Å². The number of carbonyl (C=O) groups is 1. The Labute approximate surface area is 87.4 Å². The first kappa shape index (κ1) is 13.4. The monoisotopic (exact) mass is 200 g/mol. The summed E-state index contributed by atoms with van der Waals surface area (Å²) in [5.74, 6) is 0.0746. The molecule has 0 radical (unpaired) electrons. The Morgan fingerprint density at radius 2 is 1.86 bits per heavy atom. The highest BCUT2D eigenvalue weighted by atomic mass is 16.1. The molecule has 0 aliphatic carbocycles. The molecule has 84 valence electrons. The second-order valence-corrected chi connectivity index (χ2v) is 4.19.